The Kier molecular flexibility index (Phi) is 5.85. The van der Waals surface area contributed by atoms with Gasteiger partial charge in [-0.2, -0.15) is 0 Å². The second-order valence-electron chi connectivity index (χ2n) is 4.29. The molecule has 1 aromatic carbocycles. The quantitative estimate of drug-likeness (QED) is 0.604. The average Bonchev–Trinajstić information content (AvgIpc) is 2.24. The minimum atomic E-state index is -0.159. The van der Waals surface area contributed by atoms with Gasteiger partial charge in [0.2, 0.25) is 0 Å². The van der Waals surface area contributed by atoms with Gasteiger partial charge in [0.1, 0.15) is 5.82 Å². The Labute approximate surface area is 102 Å². The normalized spacial score (nSPS) is 13.1. The molecule has 0 aliphatic rings. The van der Waals surface area contributed by atoms with Crippen molar-refractivity contribution in [3.05, 3.63) is 30.1 Å². The Morgan fingerprint density at radius 3 is 2.69 bits per heavy atom. The van der Waals surface area contributed by atoms with Crippen molar-refractivity contribution in [3.63, 3.8) is 0 Å². The van der Waals surface area contributed by atoms with Crippen LogP contribution < -0.4 is 5.32 Å². The highest BCUT2D eigenvalue weighted by Crippen LogP contribution is 2.17. The molecule has 0 amide bonds. The first-order valence-corrected chi connectivity index (χ1v) is 6.70. The summed E-state index contributed by atoms with van der Waals surface area (Å²) in [5.74, 6) is 1.47. The minimum Gasteiger partial charge on any atom is -0.313 e. The fourth-order valence-electron chi connectivity index (χ4n) is 1.25. The Morgan fingerprint density at radius 2 is 2.06 bits per heavy atom. The van der Waals surface area contributed by atoms with Crippen molar-refractivity contribution in [1.29, 1.82) is 0 Å². The summed E-state index contributed by atoms with van der Waals surface area (Å²) < 4.78 is 12.9. The summed E-state index contributed by atoms with van der Waals surface area (Å²) >= 11 is 1.69. The molecule has 0 bridgehead atoms. The van der Waals surface area contributed by atoms with Gasteiger partial charge in [-0.05, 0) is 31.0 Å². The maximum absolute atomic E-state index is 12.9. The molecular formula is C13H20FNS. The van der Waals surface area contributed by atoms with Crippen molar-refractivity contribution in [3.8, 4) is 0 Å². The summed E-state index contributed by atoms with van der Waals surface area (Å²) in [7, 11) is 0. The molecule has 0 aliphatic heterocycles. The zero-order chi connectivity index (χ0) is 12.0. The summed E-state index contributed by atoms with van der Waals surface area (Å²) in [4.78, 5) is 0.999. The summed E-state index contributed by atoms with van der Waals surface area (Å²) in [5.41, 5.74) is 0. The largest absolute Gasteiger partial charge is 0.313 e. The van der Waals surface area contributed by atoms with Crippen LogP contribution in [0.15, 0.2) is 29.2 Å². The van der Waals surface area contributed by atoms with Crippen LogP contribution in [0.1, 0.15) is 20.8 Å². The van der Waals surface area contributed by atoms with Gasteiger partial charge in [-0.3, -0.25) is 0 Å². The third-order valence-corrected chi connectivity index (χ3v) is 3.63. The number of hydrogen-bond donors (Lipinski definition) is 1. The van der Waals surface area contributed by atoms with Gasteiger partial charge in [-0.15, -0.1) is 11.8 Å². The standard InChI is InChI=1S/C13H20FNS/c1-10(2)11(3)15-7-8-16-13-6-4-5-12(14)9-13/h4-6,9-11,15H,7-8H2,1-3H3. The molecule has 0 aliphatic carbocycles. The molecule has 1 N–H and O–H groups in total. The Hall–Kier alpha value is -0.540. The van der Waals surface area contributed by atoms with Crippen molar-refractivity contribution in [2.45, 2.75) is 31.7 Å². The molecule has 1 atom stereocenters. The van der Waals surface area contributed by atoms with E-state index >= 15 is 0 Å². The molecule has 1 unspecified atom stereocenters. The lowest BCUT2D eigenvalue weighted by atomic mass is 10.1. The Bertz CT molecular complexity index is 315. The molecule has 1 aromatic rings. The second-order valence-corrected chi connectivity index (χ2v) is 5.46. The molecule has 16 heavy (non-hydrogen) atoms. The number of thioether (sulfide) groups is 1. The van der Waals surface area contributed by atoms with Crippen LogP contribution in [0, 0.1) is 11.7 Å². The zero-order valence-corrected chi connectivity index (χ0v) is 11.0. The van der Waals surface area contributed by atoms with Gasteiger partial charge in [-0.1, -0.05) is 19.9 Å². The number of rotatable bonds is 6. The average molecular weight is 241 g/mol. The van der Waals surface area contributed by atoms with Crippen LogP contribution in [0.3, 0.4) is 0 Å². The third kappa shape index (κ3) is 4.99. The highest BCUT2D eigenvalue weighted by molar-refractivity contribution is 7.99. The first-order chi connectivity index (χ1) is 7.59. The van der Waals surface area contributed by atoms with E-state index in [2.05, 4.69) is 26.1 Å². The maximum atomic E-state index is 12.9. The van der Waals surface area contributed by atoms with Gasteiger partial charge in [0.15, 0.2) is 0 Å². The van der Waals surface area contributed by atoms with E-state index in [1.807, 2.05) is 6.07 Å². The number of halogens is 1. The van der Waals surface area contributed by atoms with Gasteiger partial charge in [-0.25, -0.2) is 4.39 Å². The number of benzene rings is 1. The maximum Gasteiger partial charge on any atom is 0.124 e. The smallest absolute Gasteiger partial charge is 0.124 e. The lowest BCUT2D eigenvalue weighted by molar-refractivity contribution is 0.438. The summed E-state index contributed by atoms with van der Waals surface area (Å²) in [6.45, 7) is 7.56. The molecule has 3 heteroatoms. The van der Waals surface area contributed by atoms with E-state index in [4.69, 9.17) is 0 Å². The van der Waals surface area contributed by atoms with Crippen molar-refractivity contribution in [1.82, 2.24) is 5.32 Å². The third-order valence-electron chi connectivity index (χ3n) is 2.63. The zero-order valence-electron chi connectivity index (χ0n) is 10.2. The van der Waals surface area contributed by atoms with Crippen molar-refractivity contribution in [2.75, 3.05) is 12.3 Å². The minimum absolute atomic E-state index is 0.159. The molecule has 0 fully saturated rings. The van der Waals surface area contributed by atoms with Crippen LogP contribution in [-0.2, 0) is 0 Å². The van der Waals surface area contributed by atoms with Gasteiger partial charge < -0.3 is 5.32 Å². The molecule has 1 nitrogen and oxygen atoms in total. The summed E-state index contributed by atoms with van der Waals surface area (Å²) in [6.07, 6.45) is 0. The van der Waals surface area contributed by atoms with Crippen LogP contribution in [0.2, 0.25) is 0 Å². The Morgan fingerprint density at radius 1 is 1.31 bits per heavy atom. The van der Waals surface area contributed by atoms with E-state index in [1.54, 1.807) is 23.9 Å². The van der Waals surface area contributed by atoms with Crippen molar-refractivity contribution < 1.29 is 4.39 Å². The summed E-state index contributed by atoms with van der Waals surface area (Å²) in [6, 6.07) is 7.29. The van der Waals surface area contributed by atoms with E-state index in [0.29, 0.717) is 12.0 Å². The van der Waals surface area contributed by atoms with Crippen LogP contribution in [0.4, 0.5) is 4.39 Å². The highest BCUT2D eigenvalue weighted by Gasteiger charge is 2.04. The van der Waals surface area contributed by atoms with Crippen LogP contribution in [0.5, 0.6) is 0 Å². The lowest BCUT2D eigenvalue weighted by Gasteiger charge is -2.17. The fourth-order valence-corrected chi connectivity index (χ4v) is 2.07. The molecule has 1 rings (SSSR count). The number of hydrogen-bond acceptors (Lipinski definition) is 2. The molecule has 90 valence electrons. The van der Waals surface area contributed by atoms with E-state index in [1.165, 1.54) is 6.07 Å². The van der Waals surface area contributed by atoms with Crippen molar-refractivity contribution >= 4 is 11.8 Å². The predicted octanol–water partition coefficient (Wildman–Crippen LogP) is 3.55. The monoisotopic (exact) mass is 241 g/mol. The van der Waals surface area contributed by atoms with E-state index < -0.39 is 0 Å². The highest BCUT2D eigenvalue weighted by atomic mass is 32.2. The topological polar surface area (TPSA) is 12.0 Å². The SMILES string of the molecule is CC(C)C(C)NCCSc1cccc(F)c1. The van der Waals surface area contributed by atoms with Crippen LogP contribution in [0.25, 0.3) is 0 Å². The van der Waals surface area contributed by atoms with E-state index in [-0.39, 0.29) is 5.82 Å². The number of nitrogens with one attached hydrogen (secondary N) is 1. The Balaban J connectivity index is 2.21. The fraction of sp³-hybridized carbons (Fsp3) is 0.538. The molecule has 0 heterocycles. The van der Waals surface area contributed by atoms with Gasteiger partial charge >= 0.3 is 0 Å². The van der Waals surface area contributed by atoms with Crippen molar-refractivity contribution in [2.24, 2.45) is 5.92 Å². The first kappa shape index (κ1) is 13.5. The van der Waals surface area contributed by atoms with Gasteiger partial charge in [0.25, 0.3) is 0 Å². The first-order valence-electron chi connectivity index (χ1n) is 5.71. The van der Waals surface area contributed by atoms with E-state index in [0.717, 1.165) is 17.2 Å². The van der Waals surface area contributed by atoms with Gasteiger partial charge in [0, 0.05) is 23.2 Å². The molecule has 0 saturated heterocycles. The molecule has 0 radical (unpaired) electrons. The molecule has 0 spiro atoms. The van der Waals surface area contributed by atoms with Gasteiger partial charge in [0.05, 0.1) is 0 Å². The molecule has 0 saturated carbocycles. The molecule has 0 aromatic heterocycles. The lowest BCUT2D eigenvalue weighted by Crippen LogP contribution is -2.32. The molecular weight excluding hydrogens is 221 g/mol. The predicted molar refractivity (Wildman–Crippen MR) is 69.4 cm³/mol. The van der Waals surface area contributed by atoms with Crippen LogP contribution in [-0.4, -0.2) is 18.3 Å². The second kappa shape index (κ2) is 6.92. The van der Waals surface area contributed by atoms with Crippen LogP contribution >= 0.6 is 11.8 Å². The summed E-state index contributed by atoms with van der Waals surface area (Å²) in [5, 5.41) is 3.45. The van der Waals surface area contributed by atoms with E-state index in [9.17, 15) is 4.39 Å².